The lowest BCUT2D eigenvalue weighted by molar-refractivity contribution is -0.253. The highest BCUT2D eigenvalue weighted by Gasteiger charge is 2.36. The fourth-order valence-corrected chi connectivity index (χ4v) is 4.92. The van der Waals surface area contributed by atoms with Gasteiger partial charge in [0.05, 0.1) is 25.4 Å². The van der Waals surface area contributed by atoms with Gasteiger partial charge in [-0.15, -0.1) is 0 Å². The zero-order chi connectivity index (χ0) is 25.7. The number of nitrogens with zero attached hydrogens (tertiary/aromatic N) is 1. The van der Waals surface area contributed by atoms with Crippen molar-refractivity contribution < 1.29 is 24.1 Å². The molecule has 36 heavy (non-hydrogen) atoms. The van der Waals surface area contributed by atoms with Crippen molar-refractivity contribution in [1.82, 2.24) is 4.90 Å². The molecule has 2 N–H and O–H groups in total. The first-order chi connectivity index (χ1) is 17.3. The van der Waals surface area contributed by atoms with Gasteiger partial charge in [0.2, 0.25) is 0 Å². The molecule has 2 aliphatic heterocycles. The van der Waals surface area contributed by atoms with Gasteiger partial charge in [-0.05, 0) is 42.6 Å². The van der Waals surface area contributed by atoms with E-state index < -0.39 is 16.0 Å². The van der Waals surface area contributed by atoms with Crippen LogP contribution in [0.3, 0.4) is 0 Å². The summed E-state index contributed by atoms with van der Waals surface area (Å²) in [6.45, 7) is 2.46. The van der Waals surface area contributed by atoms with E-state index in [1.807, 2.05) is 30.3 Å². The van der Waals surface area contributed by atoms with E-state index in [-0.39, 0.29) is 18.8 Å². The number of carbonyl (C=O) groups excluding carboxylic acids is 1. The van der Waals surface area contributed by atoms with Gasteiger partial charge in [0, 0.05) is 37.4 Å². The molecule has 2 aliphatic rings. The lowest BCUT2D eigenvalue weighted by Gasteiger charge is -2.39. The zero-order valence-electron chi connectivity index (χ0n) is 20.0. The van der Waals surface area contributed by atoms with Crippen molar-refractivity contribution >= 4 is 46.4 Å². The smallest absolute Gasteiger partial charge is 0.276 e. The van der Waals surface area contributed by atoms with E-state index in [0.29, 0.717) is 24.8 Å². The Morgan fingerprint density at radius 2 is 1.94 bits per heavy atom. The molecule has 0 aliphatic carbocycles. The number of halogens is 3. The van der Waals surface area contributed by atoms with E-state index in [4.69, 9.17) is 49.0 Å². The first kappa shape index (κ1) is 27.6. The highest BCUT2D eigenvalue weighted by Crippen LogP contribution is 2.39. The molecule has 7 nitrogen and oxygen atoms in total. The average Bonchev–Trinajstić information content (AvgIpc) is 3.30. The molecule has 2 fully saturated rings. The van der Waals surface area contributed by atoms with Gasteiger partial charge in [0.15, 0.2) is 6.29 Å². The number of aliphatic hydroxyl groups is 1. The molecule has 2 saturated heterocycles. The van der Waals surface area contributed by atoms with Crippen molar-refractivity contribution in [2.75, 3.05) is 32.1 Å². The van der Waals surface area contributed by atoms with Crippen LogP contribution in [0.2, 0.25) is 0 Å². The Balaban J connectivity index is 1.55. The molecule has 2 heterocycles. The SMILES string of the molecule is COC[C@@H]1CCCN1C[C@H]1C[C@@H](c2ccc(CO)cc2)O[C@@H](c2cccc(NC(=O)C(Cl)(Cl)Cl)c2)O1. The molecule has 4 rings (SSSR count). The second-order valence-corrected chi connectivity index (χ2v) is 11.5. The van der Waals surface area contributed by atoms with Crippen LogP contribution < -0.4 is 5.32 Å². The number of aliphatic hydroxyl groups excluding tert-OH is 1. The number of amides is 1. The number of benzene rings is 2. The Hall–Kier alpha value is -1.42. The van der Waals surface area contributed by atoms with Gasteiger partial charge in [-0.3, -0.25) is 9.69 Å². The van der Waals surface area contributed by atoms with E-state index in [2.05, 4.69) is 10.2 Å². The summed E-state index contributed by atoms with van der Waals surface area (Å²) in [4.78, 5) is 14.6. The third kappa shape index (κ3) is 7.11. The first-order valence-corrected chi connectivity index (χ1v) is 13.1. The molecule has 0 aromatic heterocycles. The van der Waals surface area contributed by atoms with Gasteiger partial charge in [-0.25, -0.2) is 0 Å². The standard InChI is InChI=1S/C26H31Cl3N2O5/c1-34-16-21-6-3-11-31(21)14-22-13-23(18-9-7-17(15-32)8-10-18)36-24(35-22)19-4-2-5-20(12-19)30-25(33)26(27,28)29/h2,4-5,7-10,12,21-24,32H,3,6,11,13-16H2,1H3,(H,30,33)/t21-,22+,23-,24-/m0/s1. The fourth-order valence-electron chi connectivity index (χ4n) is 4.78. The number of methoxy groups -OCH3 is 1. The maximum absolute atomic E-state index is 12.1. The maximum Gasteiger partial charge on any atom is 0.276 e. The number of rotatable bonds is 8. The van der Waals surface area contributed by atoms with Gasteiger partial charge in [-0.2, -0.15) is 0 Å². The number of likely N-dealkylation sites (tertiary alicyclic amines) is 1. The highest BCUT2D eigenvalue weighted by molar-refractivity contribution is 6.76. The Bertz CT molecular complexity index is 1020. The number of anilines is 1. The van der Waals surface area contributed by atoms with Crippen LogP contribution in [0.4, 0.5) is 5.69 Å². The molecule has 0 unspecified atom stereocenters. The Labute approximate surface area is 226 Å². The molecule has 0 spiro atoms. The number of hydrogen-bond donors (Lipinski definition) is 2. The van der Waals surface area contributed by atoms with E-state index in [1.54, 1.807) is 25.3 Å². The van der Waals surface area contributed by atoms with Crippen LogP contribution >= 0.6 is 34.8 Å². The normalized spacial score (nSPS) is 25.1. The Morgan fingerprint density at radius 3 is 2.64 bits per heavy atom. The monoisotopic (exact) mass is 556 g/mol. The fraction of sp³-hybridized carbons (Fsp3) is 0.500. The molecule has 4 atom stereocenters. The van der Waals surface area contributed by atoms with E-state index in [1.165, 1.54) is 0 Å². The van der Waals surface area contributed by atoms with Crippen LogP contribution in [0.25, 0.3) is 0 Å². The highest BCUT2D eigenvalue weighted by atomic mass is 35.6. The van der Waals surface area contributed by atoms with E-state index in [0.717, 1.165) is 42.6 Å². The summed E-state index contributed by atoms with van der Waals surface area (Å²) in [5.74, 6) is -0.743. The quantitative estimate of drug-likeness (QED) is 0.437. The van der Waals surface area contributed by atoms with Gasteiger partial charge < -0.3 is 24.6 Å². The molecule has 0 bridgehead atoms. The summed E-state index contributed by atoms with van der Waals surface area (Å²) in [6.07, 6.45) is 2.00. The molecule has 196 valence electrons. The summed E-state index contributed by atoms with van der Waals surface area (Å²) < 4.78 is 16.2. The second kappa shape index (κ2) is 12.4. The Morgan fingerprint density at radius 1 is 1.17 bits per heavy atom. The molecule has 1 amide bonds. The molecule has 0 saturated carbocycles. The number of carbonyl (C=O) groups is 1. The zero-order valence-corrected chi connectivity index (χ0v) is 22.3. The van der Waals surface area contributed by atoms with Gasteiger partial charge in [-0.1, -0.05) is 71.2 Å². The van der Waals surface area contributed by atoms with Crippen LogP contribution in [-0.2, 0) is 25.6 Å². The predicted molar refractivity (Wildman–Crippen MR) is 140 cm³/mol. The largest absolute Gasteiger partial charge is 0.392 e. The summed E-state index contributed by atoms with van der Waals surface area (Å²) in [5, 5.41) is 12.0. The molecule has 10 heteroatoms. The second-order valence-electron chi connectivity index (χ2n) is 9.17. The van der Waals surface area contributed by atoms with Crippen molar-refractivity contribution in [2.24, 2.45) is 0 Å². The average molecular weight is 558 g/mol. The van der Waals surface area contributed by atoms with Crippen molar-refractivity contribution in [2.45, 2.75) is 54.2 Å². The van der Waals surface area contributed by atoms with Crippen LogP contribution in [0.1, 0.15) is 48.3 Å². The van der Waals surface area contributed by atoms with Crippen molar-refractivity contribution in [1.29, 1.82) is 0 Å². The number of alkyl halides is 3. The molecule has 2 aromatic carbocycles. The minimum absolute atomic E-state index is 0.0112. The van der Waals surface area contributed by atoms with Crippen molar-refractivity contribution in [3.63, 3.8) is 0 Å². The topological polar surface area (TPSA) is 80.3 Å². The molecule has 0 radical (unpaired) electrons. The number of hydrogen-bond acceptors (Lipinski definition) is 6. The van der Waals surface area contributed by atoms with Crippen LogP contribution in [-0.4, -0.2) is 58.7 Å². The van der Waals surface area contributed by atoms with Crippen LogP contribution in [0, 0.1) is 0 Å². The minimum atomic E-state index is -2.07. The van der Waals surface area contributed by atoms with Crippen LogP contribution in [0.5, 0.6) is 0 Å². The summed E-state index contributed by atoms with van der Waals surface area (Å²) in [5.41, 5.74) is 3.08. The maximum atomic E-state index is 12.1. The van der Waals surface area contributed by atoms with Crippen molar-refractivity contribution in [3.05, 3.63) is 65.2 Å². The van der Waals surface area contributed by atoms with E-state index in [9.17, 15) is 9.90 Å². The lowest BCUT2D eigenvalue weighted by atomic mass is 9.99. The number of nitrogens with one attached hydrogen (secondary N) is 1. The summed E-state index contributed by atoms with van der Waals surface area (Å²) in [7, 11) is 1.73. The van der Waals surface area contributed by atoms with E-state index >= 15 is 0 Å². The van der Waals surface area contributed by atoms with Crippen molar-refractivity contribution in [3.8, 4) is 0 Å². The minimum Gasteiger partial charge on any atom is -0.392 e. The first-order valence-electron chi connectivity index (χ1n) is 12.0. The summed E-state index contributed by atoms with van der Waals surface area (Å²) >= 11 is 17.1. The summed E-state index contributed by atoms with van der Waals surface area (Å²) in [6, 6.07) is 15.3. The third-order valence-corrected chi connectivity index (χ3v) is 7.10. The molecular weight excluding hydrogens is 527 g/mol. The Kier molecular flexibility index (Phi) is 9.52. The third-order valence-electron chi connectivity index (χ3n) is 6.59. The lowest BCUT2D eigenvalue weighted by Crippen LogP contribution is -2.42. The number of ether oxygens (including phenoxy) is 3. The van der Waals surface area contributed by atoms with Gasteiger partial charge in [0.1, 0.15) is 0 Å². The molecular formula is C26H31Cl3N2O5. The predicted octanol–water partition coefficient (Wildman–Crippen LogP) is 5.14. The molecule has 2 aromatic rings. The van der Waals surface area contributed by atoms with Gasteiger partial charge in [0.25, 0.3) is 9.70 Å². The van der Waals surface area contributed by atoms with Crippen LogP contribution in [0.15, 0.2) is 48.5 Å². The van der Waals surface area contributed by atoms with Gasteiger partial charge >= 0.3 is 0 Å².